The smallest absolute Gasteiger partial charge is 0.285 e. The second kappa shape index (κ2) is 4.35. The third kappa shape index (κ3) is 2.15. The van der Waals surface area contributed by atoms with E-state index in [2.05, 4.69) is 26.1 Å². The van der Waals surface area contributed by atoms with Crippen LogP contribution in [0.3, 0.4) is 0 Å². The molecule has 0 radical (unpaired) electrons. The van der Waals surface area contributed by atoms with E-state index in [1.54, 1.807) is 18.2 Å². The number of hydrogen-bond donors (Lipinski definition) is 0. The highest BCUT2D eigenvalue weighted by Gasteiger charge is 2.12. The number of benzene rings is 1. The first-order valence-electron chi connectivity index (χ1n) is 4.38. The molecule has 6 heteroatoms. The first-order chi connectivity index (χ1) is 7.58. The lowest BCUT2D eigenvalue weighted by molar-refractivity contribution is 0.108. The molecule has 0 unspecified atom stereocenters. The zero-order valence-electron chi connectivity index (χ0n) is 8.20. The van der Waals surface area contributed by atoms with Crippen molar-refractivity contribution in [2.75, 3.05) is 0 Å². The van der Waals surface area contributed by atoms with Crippen molar-refractivity contribution in [2.45, 2.75) is 6.92 Å². The predicted octanol–water partition coefficient (Wildman–Crippen LogP) is 3.19. The Balaban J connectivity index is 2.55. The van der Waals surface area contributed by atoms with Crippen molar-refractivity contribution in [3.05, 3.63) is 34.1 Å². The maximum atomic E-state index is 11.0. The summed E-state index contributed by atoms with van der Waals surface area (Å²) in [7, 11) is 0. The van der Waals surface area contributed by atoms with Crippen molar-refractivity contribution in [3.8, 4) is 11.5 Å². The van der Waals surface area contributed by atoms with Gasteiger partial charge in [-0.05, 0) is 36.2 Å². The van der Waals surface area contributed by atoms with Crippen molar-refractivity contribution in [1.82, 2.24) is 10.2 Å². The van der Waals surface area contributed by atoms with E-state index in [1.807, 2.05) is 6.92 Å². The van der Waals surface area contributed by atoms with Gasteiger partial charge in [0.1, 0.15) is 0 Å². The molecule has 2 aromatic rings. The summed E-state index contributed by atoms with van der Waals surface area (Å²) < 4.78 is 5.23. The van der Waals surface area contributed by atoms with Crippen molar-refractivity contribution in [2.24, 2.45) is 0 Å². The highest BCUT2D eigenvalue weighted by Crippen LogP contribution is 2.25. The largest absolute Gasteiger partial charge is 0.411 e. The van der Waals surface area contributed by atoms with Crippen LogP contribution in [0.15, 0.2) is 27.4 Å². The van der Waals surface area contributed by atoms with Crippen molar-refractivity contribution < 1.29 is 9.21 Å². The van der Waals surface area contributed by atoms with Gasteiger partial charge in [0.2, 0.25) is 5.89 Å². The molecule has 0 fully saturated rings. The normalized spacial score (nSPS) is 10.4. The molecular formula is C10H6BrClN2O2. The van der Waals surface area contributed by atoms with Crippen molar-refractivity contribution in [1.29, 1.82) is 0 Å². The lowest BCUT2D eigenvalue weighted by Crippen LogP contribution is -1.92. The van der Waals surface area contributed by atoms with Crippen LogP contribution in [-0.2, 0) is 0 Å². The number of carbonyl (C=O) groups excluding carboxylic acids is 1. The van der Waals surface area contributed by atoms with Gasteiger partial charge >= 0.3 is 0 Å². The van der Waals surface area contributed by atoms with Gasteiger partial charge in [-0.3, -0.25) is 4.79 Å². The Morgan fingerprint density at radius 3 is 2.75 bits per heavy atom. The molecule has 4 nitrogen and oxygen atoms in total. The molecule has 0 saturated carbocycles. The van der Waals surface area contributed by atoms with E-state index < -0.39 is 5.24 Å². The first kappa shape index (κ1) is 11.3. The second-order valence-corrected chi connectivity index (χ2v) is 4.19. The van der Waals surface area contributed by atoms with Crippen LogP contribution in [0, 0.1) is 6.92 Å². The van der Waals surface area contributed by atoms with E-state index in [9.17, 15) is 4.79 Å². The van der Waals surface area contributed by atoms with Gasteiger partial charge in [-0.15, -0.1) is 10.2 Å². The molecule has 0 aliphatic heterocycles. The Labute approximate surface area is 105 Å². The summed E-state index contributed by atoms with van der Waals surface area (Å²) in [5, 5.41) is 7.01. The van der Waals surface area contributed by atoms with E-state index in [0.717, 1.165) is 5.56 Å². The van der Waals surface area contributed by atoms with Crippen LogP contribution in [-0.4, -0.2) is 15.4 Å². The zero-order chi connectivity index (χ0) is 11.7. The fourth-order valence-corrected chi connectivity index (χ4v) is 1.64. The molecule has 82 valence electrons. The fraction of sp³-hybridized carbons (Fsp3) is 0.100. The van der Waals surface area contributed by atoms with Crippen LogP contribution in [0.5, 0.6) is 0 Å². The quantitative estimate of drug-likeness (QED) is 0.799. The molecule has 1 aromatic heterocycles. The van der Waals surface area contributed by atoms with Gasteiger partial charge in [-0.25, -0.2) is 0 Å². The molecule has 0 atom stereocenters. The summed E-state index contributed by atoms with van der Waals surface area (Å²) in [6.45, 7) is 1.88. The van der Waals surface area contributed by atoms with Crippen LogP contribution in [0.25, 0.3) is 11.5 Å². The number of aryl methyl sites for hydroxylation is 1. The molecule has 0 spiro atoms. The van der Waals surface area contributed by atoms with Crippen LogP contribution in [0.4, 0.5) is 0 Å². The lowest BCUT2D eigenvalue weighted by Gasteiger charge is -2.02. The molecule has 0 N–H and O–H groups in total. The SMILES string of the molecule is Cc1ccc(C(=O)Cl)cc1-c1nnc(Br)o1. The fourth-order valence-electron chi connectivity index (χ4n) is 1.29. The average Bonchev–Trinajstić information content (AvgIpc) is 2.65. The van der Waals surface area contributed by atoms with E-state index in [-0.39, 0.29) is 0 Å². The third-order valence-electron chi connectivity index (χ3n) is 2.10. The van der Waals surface area contributed by atoms with Crippen LogP contribution >= 0.6 is 27.5 Å². The number of carbonyl (C=O) groups is 1. The number of aromatic nitrogens is 2. The van der Waals surface area contributed by atoms with E-state index in [0.29, 0.717) is 21.8 Å². The first-order valence-corrected chi connectivity index (χ1v) is 5.55. The predicted molar refractivity (Wildman–Crippen MR) is 62.4 cm³/mol. The minimum Gasteiger partial charge on any atom is -0.411 e. The molecule has 0 bridgehead atoms. The highest BCUT2D eigenvalue weighted by molar-refractivity contribution is 9.10. The average molecular weight is 302 g/mol. The summed E-state index contributed by atoms with van der Waals surface area (Å²) in [5.74, 6) is 0.351. The second-order valence-electron chi connectivity index (χ2n) is 3.16. The Bertz CT molecular complexity index is 554. The van der Waals surface area contributed by atoms with Gasteiger partial charge < -0.3 is 4.42 Å². The van der Waals surface area contributed by atoms with Crippen molar-refractivity contribution in [3.63, 3.8) is 0 Å². The van der Waals surface area contributed by atoms with Crippen LogP contribution in [0.1, 0.15) is 15.9 Å². The maximum absolute atomic E-state index is 11.0. The zero-order valence-corrected chi connectivity index (χ0v) is 10.5. The van der Waals surface area contributed by atoms with Gasteiger partial charge in [0, 0.05) is 27.1 Å². The summed E-state index contributed by atoms with van der Waals surface area (Å²) >= 11 is 8.47. The van der Waals surface area contributed by atoms with Gasteiger partial charge in [0.05, 0.1) is 0 Å². The molecule has 0 saturated heterocycles. The molecule has 0 amide bonds. The van der Waals surface area contributed by atoms with Crippen molar-refractivity contribution >= 4 is 32.8 Å². The van der Waals surface area contributed by atoms with Gasteiger partial charge in [0.25, 0.3) is 10.0 Å². The Morgan fingerprint density at radius 2 is 2.19 bits per heavy atom. The number of nitrogens with zero attached hydrogens (tertiary/aromatic N) is 2. The van der Waals surface area contributed by atoms with Crippen LogP contribution in [0.2, 0.25) is 0 Å². The van der Waals surface area contributed by atoms with E-state index >= 15 is 0 Å². The molecular weight excluding hydrogens is 295 g/mol. The Morgan fingerprint density at radius 1 is 1.44 bits per heavy atom. The number of rotatable bonds is 2. The highest BCUT2D eigenvalue weighted by atomic mass is 79.9. The summed E-state index contributed by atoms with van der Waals surface area (Å²) in [6.07, 6.45) is 0. The molecule has 0 aliphatic carbocycles. The molecule has 1 aromatic carbocycles. The van der Waals surface area contributed by atoms with E-state index in [4.69, 9.17) is 16.0 Å². The Kier molecular flexibility index (Phi) is 3.07. The summed E-state index contributed by atoms with van der Waals surface area (Å²) in [5.41, 5.74) is 2.03. The monoisotopic (exact) mass is 300 g/mol. The number of hydrogen-bond acceptors (Lipinski definition) is 4. The molecule has 0 aliphatic rings. The summed E-state index contributed by atoms with van der Waals surface area (Å²) in [4.78, 5) is 11.3. The number of halogens is 2. The third-order valence-corrected chi connectivity index (χ3v) is 2.63. The minimum absolute atomic E-state index is 0.296. The van der Waals surface area contributed by atoms with Gasteiger partial charge in [0.15, 0.2) is 0 Å². The summed E-state index contributed by atoms with van der Waals surface area (Å²) in [6, 6.07) is 5.06. The maximum Gasteiger partial charge on any atom is 0.285 e. The topological polar surface area (TPSA) is 56.0 Å². The van der Waals surface area contributed by atoms with Crippen LogP contribution < -0.4 is 0 Å². The molecule has 2 rings (SSSR count). The van der Waals surface area contributed by atoms with Gasteiger partial charge in [-0.2, -0.15) is 0 Å². The molecule has 1 heterocycles. The lowest BCUT2D eigenvalue weighted by atomic mass is 10.1. The standard InChI is InChI=1S/C10H6BrClN2O2/c1-5-2-3-6(8(12)15)4-7(5)9-13-14-10(11)16-9/h2-4H,1H3. The Hall–Kier alpha value is -1.20. The molecule has 16 heavy (non-hydrogen) atoms. The van der Waals surface area contributed by atoms with E-state index in [1.165, 1.54) is 0 Å². The van der Waals surface area contributed by atoms with Gasteiger partial charge in [-0.1, -0.05) is 6.07 Å². The minimum atomic E-state index is -0.514.